The van der Waals surface area contributed by atoms with Crippen molar-refractivity contribution in [2.75, 3.05) is 24.0 Å². The number of nitrogens with two attached hydrogens (primary N) is 1. The lowest BCUT2D eigenvalue weighted by Crippen LogP contribution is -2.12. The van der Waals surface area contributed by atoms with E-state index in [2.05, 4.69) is 9.71 Å². The number of amidine groups is 1. The van der Waals surface area contributed by atoms with Crippen LogP contribution in [-0.2, 0) is 10.0 Å². The van der Waals surface area contributed by atoms with Gasteiger partial charge < -0.3 is 10.5 Å². The van der Waals surface area contributed by atoms with Crippen molar-refractivity contribution in [3.63, 3.8) is 0 Å². The van der Waals surface area contributed by atoms with Crippen LogP contribution in [0.1, 0.15) is 0 Å². The topological polar surface area (TPSA) is 93.8 Å². The molecule has 0 aromatic heterocycles. The van der Waals surface area contributed by atoms with Crippen molar-refractivity contribution >= 4 is 38.8 Å². The molecule has 0 bridgehead atoms. The van der Waals surface area contributed by atoms with Crippen LogP contribution in [0.5, 0.6) is 5.75 Å². The maximum Gasteiger partial charge on any atom is 0.229 e. The normalized spacial score (nSPS) is 12.3. The van der Waals surface area contributed by atoms with E-state index < -0.39 is 10.0 Å². The number of nitrogens with zero attached hydrogens (tertiary/aromatic N) is 1. The molecule has 6 nitrogen and oxygen atoms in total. The number of ether oxygens (including phenoxy) is 1. The lowest BCUT2D eigenvalue weighted by molar-refractivity contribution is 0.417. The highest BCUT2D eigenvalue weighted by atomic mass is 35.5. The van der Waals surface area contributed by atoms with Gasteiger partial charge in [0.2, 0.25) is 10.0 Å². The van der Waals surface area contributed by atoms with Crippen LogP contribution in [0, 0.1) is 0 Å². The van der Waals surface area contributed by atoms with Gasteiger partial charge in [-0.25, -0.2) is 13.4 Å². The van der Waals surface area contributed by atoms with Gasteiger partial charge in [0.25, 0.3) is 0 Å². The van der Waals surface area contributed by atoms with E-state index >= 15 is 0 Å². The number of hydrogen-bond donors (Lipinski definition) is 2. The van der Waals surface area contributed by atoms with Gasteiger partial charge in [0.15, 0.2) is 0 Å². The lowest BCUT2D eigenvalue weighted by atomic mass is 10.2. The maximum absolute atomic E-state index is 11.1. The number of halogens is 1. The number of alkyl halides is 1. The third-order valence-corrected chi connectivity index (χ3v) is 2.75. The first-order valence-corrected chi connectivity index (χ1v) is 7.33. The van der Waals surface area contributed by atoms with Gasteiger partial charge >= 0.3 is 0 Å². The minimum atomic E-state index is -3.36. The zero-order valence-electron chi connectivity index (χ0n) is 9.97. The summed E-state index contributed by atoms with van der Waals surface area (Å²) < 4.78 is 29.7. The molecule has 18 heavy (non-hydrogen) atoms. The van der Waals surface area contributed by atoms with E-state index in [0.29, 0.717) is 17.1 Å². The van der Waals surface area contributed by atoms with E-state index in [0.717, 1.165) is 6.26 Å². The van der Waals surface area contributed by atoms with Crippen LogP contribution in [0.2, 0.25) is 0 Å². The second kappa shape index (κ2) is 5.92. The second-order valence-electron chi connectivity index (χ2n) is 3.50. The summed E-state index contributed by atoms with van der Waals surface area (Å²) in [5, 5.41) is 0. The Bertz CT molecular complexity index is 557. The molecule has 0 aliphatic heterocycles. The Balaban J connectivity index is 3.11. The summed E-state index contributed by atoms with van der Waals surface area (Å²) in [4.78, 5) is 4.03. The molecule has 0 aliphatic carbocycles. The fourth-order valence-electron chi connectivity index (χ4n) is 1.23. The number of benzene rings is 1. The summed E-state index contributed by atoms with van der Waals surface area (Å²) in [6, 6.07) is 4.71. The minimum Gasteiger partial charge on any atom is -0.494 e. The van der Waals surface area contributed by atoms with Crippen LogP contribution in [0.25, 0.3) is 0 Å². The average molecular weight is 292 g/mol. The summed E-state index contributed by atoms with van der Waals surface area (Å²) in [6.45, 7) is 0. The van der Waals surface area contributed by atoms with Gasteiger partial charge in [-0.2, -0.15) is 0 Å². The molecular formula is C10H14ClN3O3S. The van der Waals surface area contributed by atoms with Crippen molar-refractivity contribution in [1.82, 2.24) is 0 Å². The van der Waals surface area contributed by atoms with Gasteiger partial charge in [0.05, 0.1) is 30.6 Å². The Kier molecular flexibility index (Phi) is 4.80. The summed E-state index contributed by atoms with van der Waals surface area (Å²) in [6.07, 6.45) is 1.06. The molecule has 0 atom stereocenters. The largest absolute Gasteiger partial charge is 0.494 e. The molecule has 1 rings (SSSR count). The molecule has 1 aromatic rings. The van der Waals surface area contributed by atoms with E-state index in [4.69, 9.17) is 22.1 Å². The fourth-order valence-corrected chi connectivity index (χ4v) is 1.86. The number of hydrogen-bond acceptors (Lipinski definition) is 4. The van der Waals surface area contributed by atoms with Gasteiger partial charge in [0, 0.05) is 6.07 Å². The second-order valence-corrected chi connectivity index (χ2v) is 5.51. The summed E-state index contributed by atoms with van der Waals surface area (Å²) in [7, 11) is -1.93. The first-order valence-electron chi connectivity index (χ1n) is 4.90. The molecule has 100 valence electrons. The van der Waals surface area contributed by atoms with Crippen molar-refractivity contribution in [3.8, 4) is 5.75 Å². The van der Waals surface area contributed by atoms with Gasteiger partial charge in [-0.05, 0) is 12.1 Å². The lowest BCUT2D eigenvalue weighted by Gasteiger charge is -2.10. The Hall–Kier alpha value is -1.47. The van der Waals surface area contributed by atoms with Gasteiger partial charge in [0.1, 0.15) is 11.6 Å². The van der Waals surface area contributed by atoms with Crippen LogP contribution in [0.4, 0.5) is 11.4 Å². The molecular weight excluding hydrogens is 278 g/mol. The minimum absolute atomic E-state index is 0.117. The van der Waals surface area contributed by atoms with Crippen LogP contribution >= 0.6 is 11.6 Å². The maximum atomic E-state index is 11.1. The Morgan fingerprint density at radius 3 is 2.72 bits per heavy atom. The monoisotopic (exact) mass is 291 g/mol. The summed E-state index contributed by atoms with van der Waals surface area (Å²) in [5.74, 6) is 0.734. The molecule has 0 amide bonds. The van der Waals surface area contributed by atoms with Gasteiger partial charge in [-0.1, -0.05) is 0 Å². The van der Waals surface area contributed by atoms with Crippen molar-refractivity contribution in [2.24, 2.45) is 10.7 Å². The first kappa shape index (κ1) is 14.6. The molecule has 0 saturated heterocycles. The molecule has 8 heteroatoms. The van der Waals surface area contributed by atoms with Gasteiger partial charge in [-0.15, -0.1) is 11.6 Å². The fraction of sp³-hybridized carbons (Fsp3) is 0.300. The number of anilines is 1. The number of rotatable bonds is 5. The smallest absolute Gasteiger partial charge is 0.229 e. The molecule has 0 radical (unpaired) electrons. The molecule has 3 N–H and O–H groups in total. The molecule has 1 aromatic carbocycles. The third kappa shape index (κ3) is 4.42. The highest BCUT2D eigenvalue weighted by Crippen LogP contribution is 2.29. The molecule has 0 unspecified atom stereocenters. The van der Waals surface area contributed by atoms with Crippen LogP contribution in [-0.4, -0.2) is 33.5 Å². The van der Waals surface area contributed by atoms with Crippen molar-refractivity contribution in [2.45, 2.75) is 0 Å². The standard InChI is InChI=1S/C10H14ClN3O3S/c1-17-9-5-7(13-10(12)6-11)3-4-8(9)14-18(2,15)16/h3-5,14H,6H2,1-2H3,(H2,12,13). The zero-order valence-corrected chi connectivity index (χ0v) is 11.5. The Labute approximate surface area is 111 Å². The molecule has 0 fully saturated rings. The van der Waals surface area contributed by atoms with E-state index in [1.807, 2.05) is 0 Å². The number of nitrogens with one attached hydrogen (secondary N) is 1. The van der Waals surface area contributed by atoms with Crippen molar-refractivity contribution < 1.29 is 13.2 Å². The molecule has 0 saturated carbocycles. The van der Waals surface area contributed by atoms with Gasteiger partial charge in [-0.3, -0.25) is 4.72 Å². The third-order valence-electron chi connectivity index (χ3n) is 1.89. The SMILES string of the molecule is COc1cc(N=C(N)CCl)ccc1NS(C)(=O)=O. The highest BCUT2D eigenvalue weighted by molar-refractivity contribution is 7.92. The molecule has 0 heterocycles. The number of methoxy groups -OCH3 is 1. The molecule has 0 spiro atoms. The predicted octanol–water partition coefficient (Wildman–Crippen LogP) is 1.29. The van der Waals surface area contributed by atoms with Crippen LogP contribution in [0.3, 0.4) is 0 Å². The summed E-state index contributed by atoms with van der Waals surface area (Å²) in [5.41, 5.74) is 6.37. The number of aliphatic imine (C=N–C) groups is 1. The molecule has 0 aliphatic rings. The van der Waals surface area contributed by atoms with Crippen molar-refractivity contribution in [3.05, 3.63) is 18.2 Å². The van der Waals surface area contributed by atoms with E-state index in [9.17, 15) is 8.42 Å². The Morgan fingerprint density at radius 1 is 1.56 bits per heavy atom. The van der Waals surface area contributed by atoms with E-state index in [-0.39, 0.29) is 11.7 Å². The highest BCUT2D eigenvalue weighted by Gasteiger charge is 2.08. The Morgan fingerprint density at radius 2 is 2.22 bits per heavy atom. The quantitative estimate of drug-likeness (QED) is 0.486. The number of sulfonamides is 1. The predicted molar refractivity (Wildman–Crippen MR) is 73.5 cm³/mol. The van der Waals surface area contributed by atoms with E-state index in [1.165, 1.54) is 7.11 Å². The average Bonchev–Trinajstić information content (AvgIpc) is 2.29. The van der Waals surface area contributed by atoms with Crippen molar-refractivity contribution in [1.29, 1.82) is 0 Å². The summed E-state index contributed by atoms with van der Waals surface area (Å²) >= 11 is 5.52. The zero-order chi connectivity index (χ0) is 13.8. The van der Waals surface area contributed by atoms with E-state index in [1.54, 1.807) is 18.2 Å². The van der Waals surface area contributed by atoms with Crippen LogP contribution < -0.4 is 15.2 Å². The first-order chi connectivity index (χ1) is 8.35. The van der Waals surface area contributed by atoms with Crippen LogP contribution in [0.15, 0.2) is 23.2 Å².